The molecular formula is C23H25FN4O3S2. The average Bonchev–Trinajstić information content (AvgIpc) is 3.43. The standard InChI is InChI=1S/C23H25FN4O3S2/c1-31-11-10-25-21(30)20-16-4-2-3-5-18(16)33-22(20)28-19(29)13-32-23-26-12-17(27-23)14-6-8-15(24)9-7-14/h6-9,12H,2-5,10-11,13H2,1H3,(H,25,30)(H,26,27)(H,28,29). The molecule has 0 fully saturated rings. The van der Waals surface area contributed by atoms with Crippen LogP contribution in [-0.4, -0.2) is 47.8 Å². The van der Waals surface area contributed by atoms with E-state index < -0.39 is 0 Å². The lowest BCUT2D eigenvalue weighted by Gasteiger charge is -2.13. The van der Waals surface area contributed by atoms with E-state index in [1.807, 2.05) is 0 Å². The molecule has 0 spiro atoms. The number of imidazole rings is 1. The van der Waals surface area contributed by atoms with Gasteiger partial charge in [-0.3, -0.25) is 9.59 Å². The zero-order valence-electron chi connectivity index (χ0n) is 18.2. The van der Waals surface area contributed by atoms with Crippen molar-refractivity contribution >= 4 is 39.9 Å². The maximum atomic E-state index is 13.1. The van der Waals surface area contributed by atoms with Crippen molar-refractivity contribution in [1.29, 1.82) is 0 Å². The van der Waals surface area contributed by atoms with Crippen molar-refractivity contribution in [1.82, 2.24) is 15.3 Å². The van der Waals surface area contributed by atoms with E-state index >= 15 is 0 Å². The molecule has 33 heavy (non-hydrogen) atoms. The SMILES string of the molecule is COCCNC(=O)c1c(NC(=O)CSc2ncc(-c3ccc(F)cc3)[nH]2)sc2c1CCCC2. The fourth-order valence-electron chi connectivity index (χ4n) is 3.70. The van der Waals surface area contributed by atoms with Crippen LogP contribution in [-0.2, 0) is 22.4 Å². The van der Waals surface area contributed by atoms with Crippen LogP contribution in [0, 0.1) is 5.82 Å². The number of aromatic amines is 1. The topological polar surface area (TPSA) is 96.1 Å². The van der Waals surface area contributed by atoms with E-state index in [9.17, 15) is 14.0 Å². The zero-order chi connectivity index (χ0) is 23.2. The van der Waals surface area contributed by atoms with Gasteiger partial charge in [0, 0.05) is 18.5 Å². The summed E-state index contributed by atoms with van der Waals surface area (Å²) in [5, 5.41) is 7.01. The van der Waals surface area contributed by atoms with Crippen molar-refractivity contribution < 1.29 is 18.7 Å². The van der Waals surface area contributed by atoms with Gasteiger partial charge in [-0.2, -0.15) is 0 Å². The second-order valence-electron chi connectivity index (χ2n) is 7.61. The summed E-state index contributed by atoms with van der Waals surface area (Å²) in [6.07, 6.45) is 5.57. The highest BCUT2D eigenvalue weighted by atomic mass is 32.2. The van der Waals surface area contributed by atoms with Crippen molar-refractivity contribution in [3.05, 3.63) is 52.3 Å². The molecule has 1 aromatic carbocycles. The number of hydrogen-bond donors (Lipinski definition) is 3. The Labute approximate surface area is 199 Å². The van der Waals surface area contributed by atoms with E-state index in [1.54, 1.807) is 25.4 Å². The van der Waals surface area contributed by atoms with Crippen LogP contribution < -0.4 is 10.6 Å². The molecule has 2 amide bonds. The van der Waals surface area contributed by atoms with E-state index in [0.29, 0.717) is 28.9 Å². The molecular weight excluding hydrogens is 463 g/mol. The Morgan fingerprint density at radius 2 is 2.03 bits per heavy atom. The average molecular weight is 489 g/mol. The maximum Gasteiger partial charge on any atom is 0.254 e. The molecule has 3 N–H and O–H groups in total. The van der Waals surface area contributed by atoms with E-state index in [-0.39, 0.29) is 23.4 Å². The van der Waals surface area contributed by atoms with Gasteiger partial charge in [-0.25, -0.2) is 9.37 Å². The third-order valence-electron chi connectivity index (χ3n) is 5.29. The van der Waals surface area contributed by atoms with Gasteiger partial charge in [0.25, 0.3) is 5.91 Å². The minimum Gasteiger partial charge on any atom is -0.383 e. The second kappa shape index (κ2) is 11.0. The number of methoxy groups -OCH3 is 1. The number of thiophene rings is 1. The van der Waals surface area contributed by atoms with Crippen molar-refractivity contribution in [3.63, 3.8) is 0 Å². The van der Waals surface area contributed by atoms with E-state index in [2.05, 4.69) is 20.6 Å². The molecule has 0 unspecified atom stereocenters. The molecule has 0 radical (unpaired) electrons. The van der Waals surface area contributed by atoms with Crippen LogP contribution in [0.15, 0.2) is 35.6 Å². The number of rotatable bonds is 9. The van der Waals surface area contributed by atoms with Gasteiger partial charge in [0.2, 0.25) is 5.91 Å². The van der Waals surface area contributed by atoms with Gasteiger partial charge in [-0.05, 0) is 61.1 Å². The van der Waals surface area contributed by atoms with Crippen molar-refractivity contribution in [2.24, 2.45) is 0 Å². The summed E-state index contributed by atoms with van der Waals surface area (Å²) >= 11 is 2.76. The highest BCUT2D eigenvalue weighted by Gasteiger charge is 2.26. The number of fused-ring (bicyclic) bond motifs is 1. The number of nitrogens with one attached hydrogen (secondary N) is 3. The van der Waals surface area contributed by atoms with Crippen LogP contribution in [0.25, 0.3) is 11.3 Å². The van der Waals surface area contributed by atoms with Crippen molar-refractivity contribution in [2.75, 3.05) is 31.3 Å². The minimum atomic E-state index is -0.300. The van der Waals surface area contributed by atoms with Gasteiger partial charge in [0.05, 0.1) is 29.8 Å². The second-order valence-corrected chi connectivity index (χ2v) is 9.68. The first kappa shape index (κ1) is 23.5. The third-order valence-corrected chi connectivity index (χ3v) is 7.39. The summed E-state index contributed by atoms with van der Waals surface area (Å²) in [5.41, 5.74) is 3.20. The summed E-state index contributed by atoms with van der Waals surface area (Å²) in [7, 11) is 1.59. The molecule has 1 aliphatic rings. The largest absolute Gasteiger partial charge is 0.383 e. The maximum absolute atomic E-state index is 13.1. The first-order valence-corrected chi connectivity index (χ1v) is 12.5. The molecule has 1 aliphatic carbocycles. The summed E-state index contributed by atoms with van der Waals surface area (Å²) in [6.45, 7) is 0.845. The molecule has 4 rings (SSSR count). The number of halogens is 1. The molecule has 7 nitrogen and oxygen atoms in total. The molecule has 0 aliphatic heterocycles. The van der Waals surface area contributed by atoms with Crippen LogP contribution in [0.3, 0.4) is 0 Å². The zero-order valence-corrected chi connectivity index (χ0v) is 19.8. The number of carbonyl (C=O) groups excluding carboxylic acids is 2. The number of nitrogens with zero attached hydrogens (tertiary/aromatic N) is 1. The summed E-state index contributed by atoms with van der Waals surface area (Å²) in [5.74, 6) is -0.538. The Morgan fingerprint density at radius 1 is 1.24 bits per heavy atom. The smallest absolute Gasteiger partial charge is 0.254 e. The lowest BCUT2D eigenvalue weighted by Crippen LogP contribution is -2.29. The van der Waals surface area contributed by atoms with Gasteiger partial charge in [0.15, 0.2) is 5.16 Å². The predicted molar refractivity (Wildman–Crippen MR) is 129 cm³/mol. The number of hydrogen-bond acceptors (Lipinski definition) is 6. The number of anilines is 1. The molecule has 174 valence electrons. The number of carbonyl (C=O) groups is 2. The molecule has 2 aromatic heterocycles. The molecule has 0 saturated carbocycles. The Bertz CT molecular complexity index is 1130. The van der Waals surface area contributed by atoms with Crippen LogP contribution in [0.1, 0.15) is 33.6 Å². The highest BCUT2D eigenvalue weighted by molar-refractivity contribution is 7.99. The highest BCUT2D eigenvalue weighted by Crippen LogP contribution is 2.38. The first-order valence-electron chi connectivity index (χ1n) is 10.7. The quantitative estimate of drug-likeness (QED) is 0.309. The Hall–Kier alpha value is -2.69. The monoisotopic (exact) mass is 488 g/mol. The summed E-state index contributed by atoms with van der Waals surface area (Å²) in [6, 6.07) is 6.11. The van der Waals surface area contributed by atoms with E-state index in [4.69, 9.17) is 4.74 Å². The van der Waals surface area contributed by atoms with Crippen molar-refractivity contribution in [3.8, 4) is 11.3 Å². The van der Waals surface area contributed by atoms with Gasteiger partial charge in [-0.1, -0.05) is 11.8 Å². The fourth-order valence-corrected chi connectivity index (χ4v) is 5.65. The Morgan fingerprint density at radius 3 is 2.82 bits per heavy atom. The fraction of sp³-hybridized carbons (Fsp3) is 0.348. The Balaban J connectivity index is 1.40. The molecule has 0 saturated heterocycles. The normalized spacial score (nSPS) is 12.9. The molecule has 0 bridgehead atoms. The van der Waals surface area contributed by atoms with Gasteiger partial charge >= 0.3 is 0 Å². The van der Waals surface area contributed by atoms with Gasteiger partial charge in [-0.15, -0.1) is 11.3 Å². The summed E-state index contributed by atoms with van der Waals surface area (Å²) in [4.78, 5) is 34.1. The number of ether oxygens (including phenoxy) is 1. The van der Waals surface area contributed by atoms with Gasteiger partial charge < -0.3 is 20.4 Å². The van der Waals surface area contributed by atoms with Gasteiger partial charge in [0.1, 0.15) is 10.8 Å². The molecule has 10 heteroatoms. The van der Waals surface area contributed by atoms with Crippen molar-refractivity contribution in [2.45, 2.75) is 30.8 Å². The lowest BCUT2D eigenvalue weighted by molar-refractivity contribution is -0.113. The van der Waals surface area contributed by atoms with E-state index in [1.165, 1.54) is 40.1 Å². The molecule has 3 aromatic rings. The van der Waals surface area contributed by atoms with E-state index in [0.717, 1.165) is 42.5 Å². The number of H-pyrrole nitrogens is 1. The predicted octanol–water partition coefficient (Wildman–Crippen LogP) is 4.26. The number of benzene rings is 1. The Kier molecular flexibility index (Phi) is 7.79. The van der Waals surface area contributed by atoms with Crippen LogP contribution in [0.4, 0.5) is 9.39 Å². The molecule has 0 atom stereocenters. The third kappa shape index (κ3) is 5.82. The van der Waals surface area contributed by atoms with Crippen LogP contribution in [0.2, 0.25) is 0 Å². The number of amides is 2. The number of thioether (sulfide) groups is 1. The molecule has 2 heterocycles. The summed E-state index contributed by atoms with van der Waals surface area (Å²) < 4.78 is 18.1. The minimum absolute atomic E-state index is 0.143. The lowest BCUT2D eigenvalue weighted by atomic mass is 9.95. The number of aromatic nitrogens is 2. The first-order chi connectivity index (χ1) is 16.0. The van der Waals surface area contributed by atoms with Crippen LogP contribution in [0.5, 0.6) is 0 Å². The number of aryl methyl sites for hydroxylation is 1. The van der Waals surface area contributed by atoms with Crippen LogP contribution >= 0.6 is 23.1 Å².